The number of hydrogen-bond acceptors (Lipinski definition) is 2. The van der Waals surface area contributed by atoms with Gasteiger partial charge in [-0.05, 0) is 35.6 Å². The lowest BCUT2D eigenvalue weighted by atomic mass is 9.82. The molecule has 0 radical (unpaired) electrons. The molecule has 0 aliphatic carbocycles. The lowest BCUT2D eigenvalue weighted by Crippen LogP contribution is -2.14. The normalized spacial score (nSPS) is 11.5. The van der Waals surface area contributed by atoms with Gasteiger partial charge in [0.1, 0.15) is 5.75 Å². The number of ether oxygens (including phenoxy) is 1. The van der Waals surface area contributed by atoms with Crippen molar-refractivity contribution in [2.24, 2.45) is 0 Å². The number of hydrogen-bond donors (Lipinski definition) is 0. The topological polar surface area (TPSA) is 22.1 Å². The van der Waals surface area contributed by atoms with Crippen molar-refractivity contribution >= 4 is 23.2 Å². The van der Waals surface area contributed by atoms with Crippen LogP contribution in [0.5, 0.6) is 11.6 Å². The third-order valence-corrected chi connectivity index (χ3v) is 4.36. The van der Waals surface area contributed by atoms with Crippen molar-refractivity contribution in [2.75, 3.05) is 0 Å². The van der Waals surface area contributed by atoms with Gasteiger partial charge >= 0.3 is 0 Å². The van der Waals surface area contributed by atoms with Crippen LogP contribution in [0.2, 0.25) is 5.02 Å². The van der Waals surface area contributed by atoms with E-state index < -0.39 is 0 Å². The molecule has 112 valence electrons. The minimum atomic E-state index is 0.169. The van der Waals surface area contributed by atoms with E-state index in [0.29, 0.717) is 16.6 Å². The second kappa shape index (κ2) is 6.67. The lowest BCUT2D eigenvalue weighted by molar-refractivity contribution is 0.459. The van der Waals surface area contributed by atoms with Crippen molar-refractivity contribution in [2.45, 2.75) is 38.5 Å². The number of halogens is 2. The predicted molar refractivity (Wildman–Crippen MR) is 88.6 cm³/mol. The number of rotatable bonds is 5. The van der Waals surface area contributed by atoms with Gasteiger partial charge in [-0.2, -0.15) is 0 Å². The Labute approximate surface area is 136 Å². The van der Waals surface area contributed by atoms with E-state index in [9.17, 15) is 0 Å². The largest absolute Gasteiger partial charge is 0.439 e. The third-order valence-electron chi connectivity index (χ3n) is 3.76. The highest BCUT2D eigenvalue weighted by atomic mass is 35.5. The molecule has 0 fully saturated rings. The predicted octanol–water partition coefficient (Wildman–Crippen LogP) is 5.95. The molecule has 0 unspecified atom stereocenters. The van der Waals surface area contributed by atoms with Gasteiger partial charge in [0, 0.05) is 6.07 Å². The molecule has 0 atom stereocenters. The molecule has 1 heterocycles. The Kier molecular flexibility index (Phi) is 5.13. The summed E-state index contributed by atoms with van der Waals surface area (Å²) in [5, 5.41) is 0.553. The Morgan fingerprint density at radius 2 is 1.76 bits per heavy atom. The molecule has 0 N–H and O–H groups in total. The fourth-order valence-corrected chi connectivity index (χ4v) is 2.36. The lowest BCUT2D eigenvalue weighted by Gasteiger charge is -2.23. The maximum absolute atomic E-state index is 5.98. The van der Waals surface area contributed by atoms with Crippen LogP contribution in [0.15, 0.2) is 36.4 Å². The van der Waals surface area contributed by atoms with E-state index in [-0.39, 0.29) is 11.3 Å². The maximum Gasteiger partial charge on any atom is 0.219 e. The van der Waals surface area contributed by atoms with Gasteiger partial charge in [-0.3, -0.25) is 0 Å². The first-order valence-electron chi connectivity index (χ1n) is 6.96. The summed E-state index contributed by atoms with van der Waals surface area (Å²) < 4.78 is 5.75. The van der Waals surface area contributed by atoms with Crippen LogP contribution < -0.4 is 4.74 Å². The number of aromatic nitrogens is 1. The van der Waals surface area contributed by atoms with Gasteiger partial charge < -0.3 is 4.74 Å². The van der Waals surface area contributed by atoms with Gasteiger partial charge in [0.2, 0.25) is 5.88 Å². The minimum absolute atomic E-state index is 0.169. The van der Waals surface area contributed by atoms with Gasteiger partial charge in [0.05, 0.1) is 16.6 Å². The first-order valence-corrected chi connectivity index (χ1v) is 7.87. The van der Waals surface area contributed by atoms with Crippen LogP contribution in [-0.4, -0.2) is 4.98 Å². The molecule has 0 amide bonds. The Morgan fingerprint density at radius 1 is 1.10 bits per heavy atom. The zero-order valence-corrected chi connectivity index (χ0v) is 14.0. The molecule has 0 aliphatic rings. The van der Waals surface area contributed by atoms with E-state index >= 15 is 0 Å². The molecular formula is C17H19Cl2NO. The van der Waals surface area contributed by atoms with Crippen molar-refractivity contribution in [1.29, 1.82) is 0 Å². The van der Waals surface area contributed by atoms with Crippen molar-refractivity contribution in [3.05, 3.63) is 52.7 Å². The van der Waals surface area contributed by atoms with Gasteiger partial charge in [-0.15, -0.1) is 11.6 Å². The van der Waals surface area contributed by atoms with Crippen LogP contribution in [0.4, 0.5) is 0 Å². The fourth-order valence-electron chi connectivity index (χ4n) is 1.91. The van der Waals surface area contributed by atoms with E-state index in [0.717, 1.165) is 12.2 Å². The molecule has 4 heteroatoms. The molecule has 0 bridgehead atoms. The molecule has 0 aliphatic heterocycles. The van der Waals surface area contributed by atoms with Crippen LogP contribution in [-0.2, 0) is 11.3 Å². The quantitative estimate of drug-likeness (QED) is 0.634. The van der Waals surface area contributed by atoms with Crippen LogP contribution in [0.1, 0.15) is 38.4 Å². The van der Waals surface area contributed by atoms with E-state index in [1.165, 1.54) is 5.56 Å². The summed E-state index contributed by atoms with van der Waals surface area (Å²) in [5.41, 5.74) is 2.09. The molecule has 2 aromatic rings. The Bertz CT molecular complexity index is 609. The molecule has 0 saturated heterocycles. The fraction of sp³-hybridized carbons (Fsp3) is 0.353. The molecule has 0 saturated carbocycles. The van der Waals surface area contributed by atoms with Gasteiger partial charge in [0.25, 0.3) is 0 Å². The first-order chi connectivity index (χ1) is 9.96. The molecular weight excluding hydrogens is 305 g/mol. The van der Waals surface area contributed by atoms with E-state index in [2.05, 4.69) is 37.9 Å². The van der Waals surface area contributed by atoms with Gasteiger partial charge in [-0.1, -0.05) is 44.5 Å². The van der Waals surface area contributed by atoms with Crippen LogP contribution in [0.25, 0.3) is 0 Å². The summed E-state index contributed by atoms with van der Waals surface area (Å²) in [6.07, 6.45) is 1.09. The SMILES string of the molecule is CCC(C)(C)c1ccc(Oc2ccc(Cl)c(CCl)n2)cc1. The highest BCUT2D eigenvalue weighted by molar-refractivity contribution is 6.32. The standard InChI is InChI=1S/C17H19Cl2NO/c1-4-17(2,3)12-5-7-13(8-6-12)21-16-10-9-14(19)15(11-18)20-16/h5-10H,4,11H2,1-3H3. The Balaban J connectivity index is 2.17. The average Bonchev–Trinajstić information content (AvgIpc) is 2.49. The number of pyridine rings is 1. The summed E-state index contributed by atoms with van der Waals surface area (Å²) in [5.74, 6) is 1.51. The average molecular weight is 324 g/mol. The molecule has 2 nitrogen and oxygen atoms in total. The Morgan fingerprint density at radius 3 is 2.33 bits per heavy atom. The number of nitrogens with zero attached hydrogens (tertiary/aromatic N) is 1. The minimum Gasteiger partial charge on any atom is -0.439 e. The molecule has 0 spiro atoms. The van der Waals surface area contributed by atoms with Gasteiger partial charge in [0.15, 0.2) is 0 Å². The van der Waals surface area contributed by atoms with E-state index in [4.69, 9.17) is 27.9 Å². The zero-order chi connectivity index (χ0) is 15.5. The highest BCUT2D eigenvalue weighted by Gasteiger charge is 2.17. The van der Waals surface area contributed by atoms with Crippen LogP contribution in [0, 0.1) is 0 Å². The van der Waals surface area contributed by atoms with Crippen LogP contribution in [0.3, 0.4) is 0 Å². The van der Waals surface area contributed by atoms with Gasteiger partial charge in [-0.25, -0.2) is 4.98 Å². The first kappa shape index (κ1) is 16.1. The van der Waals surface area contributed by atoms with Crippen LogP contribution >= 0.6 is 23.2 Å². The van der Waals surface area contributed by atoms with Crippen molar-refractivity contribution in [3.8, 4) is 11.6 Å². The highest BCUT2D eigenvalue weighted by Crippen LogP contribution is 2.29. The zero-order valence-electron chi connectivity index (χ0n) is 12.5. The molecule has 21 heavy (non-hydrogen) atoms. The summed E-state index contributed by atoms with van der Waals surface area (Å²) in [7, 11) is 0. The van der Waals surface area contributed by atoms with E-state index in [1.54, 1.807) is 12.1 Å². The molecule has 2 rings (SSSR count). The summed E-state index contributed by atoms with van der Waals surface area (Å²) >= 11 is 11.8. The van der Waals surface area contributed by atoms with E-state index in [1.807, 2.05) is 12.1 Å². The number of benzene rings is 1. The van der Waals surface area contributed by atoms with Crippen molar-refractivity contribution in [3.63, 3.8) is 0 Å². The number of alkyl halides is 1. The smallest absolute Gasteiger partial charge is 0.219 e. The monoisotopic (exact) mass is 323 g/mol. The maximum atomic E-state index is 5.98. The summed E-state index contributed by atoms with van der Waals surface area (Å²) in [6.45, 7) is 6.66. The van der Waals surface area contributed by atoms with Crippen molar-refractivity contribution < 1.29 is 4.74 Å². The molecule has 1 aromatic heterocycles. The Hall–Kier alpha value is -1.25. The summed E-state index contributed by atoms with van der Waals surface area (Å²) in [4.78, 5) is 4.29. The second-order valence-corrected chi connectivity index (χ2v) is 6.25. The summed E-state index contributed by atoms with van der Waals surface area (Å²) in [6, 6.07) is 11.6. The third kappa shape index (κ3) is 3.90. The second-order valence-electron chi connectivity index (χ2n) is 5.58. The molecule has 1 aromatic carbocycles. The van der Waals surface area contributed by atoms with Crippen molar-refractivity contribution in [1.82, 2.24) is 4.98 Å².